The lowest BCUT2D eigenvalue weighted by atomic mass is 10.1. The number of nitrogens with zero attached hydrogens (tertiary/aromatic N) is 1. The normalized spacial score (nSPS) is 11.3. The van der Waals surface area contributed by atoms with E-state index in [2.05, 4.69) is 27.7 Å². The van der Waals surface area contributed by atoms with Gasteiger partial charge in [0.25, 0.3) is 0 Å². The van der Waals surface area contributed by atoms with Crippen LogP contribution in [0.4, 0.5) is 0 Å². The zero-order valence-electron chi connectivity index (χ0n) is 21.0. The summed E-state index contributed by atoms with van der Waals surface area (Å²) >= 11 is 0. The molecule has 0 spiro atoms. The molecule has 0 unspecified atom stereocenters. The van der Waals surface area contributed by atoms with Gasteiger partial charge in [-0.05, 0) is 25.7 Å². The number of carbonyl (C=O) groups excluding carboxylic acids is 1. The summed E-state index contributed by atoms with van der Waals surface area (Å²) < 4.78 is 6.81. The number of hydrogen-bond acceptors (Lipinski definition) is 2. The van der Waals surface area contributed by atoms with Gasteiger partial charge in [-0.15, -0.1) is 0 Å². The molecule has 0 aliphatic rings. The van der Waals surface area contributed by atoms with Crippen molar-refractivity contribution in [2.24, 2.45) is 0 Å². The molecule has 30 heavy (non-hydrogen) atoms. The zero-order chi connectivity index (χ0) is 21.6. The Hall–Kier alpha value is -0.0900. The number of esters is 1. The van der Waals surface area contributed by atoms with Crippen LogP contribution in [0.5, 0.6) is 0 Å². The molecule has 3 nitrogen and oxygen atoms in total. The molecular formula is C26H54BrNO2. The Kier molecular flexibility index (Phi) is 25.2. The molecule has 0 radical (unpaired) electrons. The van der Waals surface area contributed by atoms with Gasteiger partial charge in [-0.2, -0.15) is 0 Å². The van der Waals surface area contributed by atoms with Crippen LogP contribution in [0.25, 0.3) is 0 Å². The second-order valence-corrected chi connectivity index (χ2v) is 9.10. The molecule has 0 atom stereocenters. The molecule has 182 valence electrons. The molecular weight excluding hydrogens is 438 g/mol. The Morgan fingerprint density at radius 2 is 0.967 bits per heavy atom. The molecule has 0 N–H and O–H groups in total. The van der Waals surface area contributed by atoms with Crippen LogP contribution >= 0.6 is 0 Å². The van der Waals surface area contributed by atoms with Gasteiger partial charge >= 0.3 is 5.97 Å². The second kappa shape index (κ2) is 23.6. The lowest BCUT2D eigenvalue weighted by molar-refractivity contribution is -0.929. The van der Waals surface area contributed by atoms with Gasteiger partial charge in [0.1, 0.15) is 13.2 Å². The summed E-state index contributed by atoms with van der Waals surface area (Å²) in [5.41, 5.74) is 0. The molecule has 0 aliphatic carbocycles. The summed E-state index contributed by atoms with van der Waals surface area (Å²) in [5.74, 6) is 0.0209. The lowest BCUT2D eigenvalue weighted by Gasteiger charge is -2.39. The quantitative estimate of drug-likeness (QED) is 0.125. The van der Waals surface area contributed by atoms with Crippen LogP contribution in [0.1, 0.15) is 130 Å². The first kappa shape index (κ1) is 32.1. The van der Waals surface area contributed by atoms with Gasteiger partial charge in [0.15, 0.2) is 0 Å². The summed E-state index contributed by atoms with van der Waals surface area (Å²) in [6.07, 6.45) is 19.8. The predicted molar refractivity (Wildman–Crippen MR) is 127 cm³/mol. The molecule has 0 saturated heterocycles. The van der Waals surface area contributed by atoms with E-state index >= 15 is 0 Å². The number of rotatable bonds is 22. The van der Waals surface area contributed by atoms with Crippen LogP contribution in [-0.2, 0) is 9.53 Å². The van der Waals surface area contributed by atoms with Crippen LogP contribution in [0.3, 0.4) is 0 Å². The standard InChI is InChI=1S/C26H54NO2.BrH/c1-5-9-13-14-15-16-17-18-19-20-26(28)29-25-24-27(21-10-6-2,22-11-7-3)23-12-8-4;/h5-25H2,1-4H3;1H/q+1;/p-1. The van der Waals surface area contributed by atoms with Crippen molar-refractivity contribution in [2.45, 2.75) is 130 Å². The number of carbonyl (C=O) groups is 1. The summed E-state index contributed by atoms with van der Waals surface area (Å²) in [7, 11) is 0. The van der Waals surface area contributed by atoms with Gasteiger partial charge in [0.05, 0.1) is 19.6 Å². The Morgan fingerprint density at radius 1 is 0.567 bits per heavy atom. The second-order valence-electron chi connectivity index (χ2n) is 9.10. The fourth-order valence-corrected chi connectivity index (χ4v) is 4.16. The van der Waals surface area contributed by atoms with E-state index in [1.54, 1.807) is 0 Å². The van der Waals surface area contributed by atoms with Gasteiger partial charge in [-0.3, -0.25) is 4.79 Å². The maximum Gasteiger partial charge on any atom is 0.305 e. The van der Waals surface area contributed by atoms with E-state index in [1.807, 2.05) is 0 Å². The fraction of sp³-hybridized carbons (Fsp3) is 0.962. The topological polar surface area (TPSA) is 26.3 Å². The monoisotopic (exact) mass is 491 g/mol. The minimum Gasteiger partial charge on any atom is -1.00 e. The van der Waals surface area contributed by atoms with Crippen molar-refractivity contribution in [3.8, 4) is 0 Å². The highest BCUT2D eigenvalue weighted by atomic mass is 79.9. The van der Waals surface area contributed by atoms with Crippen LogP contribution in [-0.4, -0.2) is 43.2 Å². The van der Waals surface area contributed by atoms with E-state index in [0.717, 1.165) is 17.4 Å². The molecule has 0 aromatic carbocycles. The SMILES string of the molecule is CCCCCCCCCCCC(=O)OCC[N+](CCCC)(CCCC)CCCC.[Br-]. The van der Waals surface area contributed by atoms with Crippen LogP contribution in [0.15, 0.2) is 0 Å². The highest BCUT2D eigenvalue weighted by Crippen LogP contribution is 2.15. The van der Waals surface area contributed by atoms with Gasteiger partial charge in [-0.25, -0.2) is 0 Å². The van der Waals surface area contributed by atoms with Gasteiger partial charge in [0.2, 0.25) is 0 Å². The third-order valence-corrected chi connectivity index (χ3v) is 6.27. The molecule has 0 fully saturated rings. The van der Waals surface area contributed by atoms with Gasteiger partial charge < -0.3 is 26.2 Å². The number of unbranched alkanes of at least 4 members (excludes halogenated alkanes) is 11. The van der Waals surface area contributed by atoms with Crippen molar-refractivity contribution < 1.29 is 31.0 Å². The van der Waals surface area contributed by atoms with Gasteiger partial charge in [-0.1, -0.05) is 98.3 Å². The predicted octanol–water partition coefficient (Wildman–Crippen LogP) is 4.67. The first-order chi connectivity index (χ1) is 14.1. The molecule has 0 aromatic rings. The Bertz CT molecular complexity index is 341. The molecule has 0 heterocycles. The van der Waals surface area contributed by atoms with Crippen molar-refractivity contribution in [2.75, 3.05) is 32.8 Å². The molecule has 0 saturated carbocycles. The lowest BCUT2D eigenvalue weighted by Crippen LogP contribution is -3.00. The molecule has 0 amide bonds. The van der Waals surface area contributed by atoms with Crippen LogP contribution < -0.4 is 17.0 Å². The van der Waals surface area contributed by atoms with Gasteiger partial charge in [0, 0.05) is 6.42 Å². The van der Waals surface area contributed by atoms with E-state index in [1.165, 1.54) is 110 Å². The minimum atomic E-state index is 0. The fourth-order valence-electron chi connectivity index (χ4n) is 4.16. The summed E-state index contributed by atoms with van der Waals surface area (Å²) in [4.78, 5) is 12.1. The molecule has 0 rings (SSSR count). The Morgan fingerprint density at radius 3 is 1.40 bits per heavy atom. The third kappa shape index (κ3) is 18.7. The zero-order valence-corrected chi connectivity index (χ0v) is 22.6. The van der Waals surface area contributed by atoms with E-state index < -0.39 is 0 Å². The highest BCUT2D eigenvalue weighted by molar-refractivity contribution is 5.69. The number of halogens is 1. The van der Waals surface area contributed by atoms with E-state index in [-0.39, 0.29) is 23.0 Å². The first-order valence-electron chi connectivity index (χ1n) is 13.1. The molecule has 0 bridgehead atoms. The smallest absolute Gasteiger partial charge is 0.305 e. The average Bonchev–Trinajstić information content (AvgIpc) is 2.73. The van der Waals surface area contributed by atoms with Crippen molar-refractivity contribution >= 4 is 5.97 Å². The maximum atomic E-state index is 12.1. The summed E-state index contributed by atoms with van der Waals surface area (Å²) in [6.45, 7) is 14.4. The van der Waals surface area contributed by atoms with Crippen molar-refractivity contribution in [1.29, 1.82) is 0 Å². The highest BCUT2D eigenvalue weighted by Gasteiger charge is 2.26. The van der Waals surface area contributed by atoms with E-state index in [4.69, 9.17) is 4.74 Å². The van der Waals surface area contributed by atoms with E-state index in [0.29, 0.717) is 13.0 Å². The largest absolute Gasteiger partial charge is 1.00 e. The van der Waals surface area contributed by atoms with Crippen molar-refractivity contribution in [3.63, 3.8) is 0 Å². The van der Waals surface area contributed by atoms with E-state index in [9.17, 15) is 4.79 Å². The van der Waals surface area contributed by atoms with Crippen molar-refractivity contribution in [3.05, 3.63) is 0 Å². The Labute approximate surface area is 200 Å². The third-order valence-electron chi connectivity index (χ3n) is 6.27. The molecule has 0 aromatic heterocycles. The number of ether oxygens (including phenoxy) is 1. The summed E-state index contributed by atoms with van der Waals surface area (Å²) in [6, 6.07) is 0. The molecule has 0 aliphatic heterocycles. The average molecular weight is 493 g/mol. The first-order valence-corrected chi connectivity index (χ1v) is 13.1. The summed E-state index contributed by atoms with van der Waals surface area (Å²) in [5, 5.41) is 0. The van der Waals surface area contributed by atoms with Crippen LogP contribution in [0.2, 0.25) is 0 Å². The Balaban J connectivity index is 0. The number of quaternary nitrogens is 1. The van der Waals surface area contributed by atoms with Crippen molar-refractivity contribution in [1.82, 2.24) is 0 Å². The van der Waals surface area contributed by atoms with Crippen LogP contribution in [0, 0.1) is 0 Å². The minimum absolute atomic E-state index is 0. The number of hydrogen-bond donors (Lipinski definition) is 0. The maximum absolute atomic E-state index is 12.1. The molecule has 4 heteroatoms.